The zero-order valence-electron chi connectivity index (χ0n) is 15.0. The fourth-order valence-electron chi connectivity index (χ4n) is 2.67. The molecule has 0 saturated heterocycles. The summed E-state index contributed by atoms with van der Waals surface area (Å²) in [4.78, 5) is 15.4. The lowest BCUT2D eigenvalue weighted by Gasteiger charge is -2.34. The molecular formula is C16H22ClN5O4S. The molecule has 0 radical (unpaired) electrons. The van der Waals surface area contributed by atoms with Crippen LogP contribution in [0.5, 0.6) is 0 Å². The lowest BCUT2D eigenvalue weighted by atomic mass is 9.77. The summed E-state index contributed by atoms with van der Waals surface area (Å²) >= 11 is 0. The van der Waals surface area contributed by atoms with Crippen molar-refractivity contribution in [3.8, 4) is 0 Å². The number of sulfonamides is 1. The Morgan fingerprint density at radius 2 is 1.96 bits per heavy atom. The first-order chi connectivity index (χ1) is 12.2. The maximum Gasteiger partial charge on any atom is 0.243 e. The van der Waals surface area contributed by atoms with Crippen LogP contribution in [-0.4, -0.2) is 35.8 Å². The lowest BCUT2D eigenvalue weighted by Crippen LogP contribution is -2.44. The minimum absolute atomic E-state index is 0. The highest BCUT2D eigenvalue weighted by atomic mass is 35.5. The van der Waals surface area contributed by atoms with E-state index in [1.807, 2.05) is 0 Å². The van der Waals surface area contributed by atoms with Gasteiger partial charge in [0.15, 0.2) is 5.82 Å². The van der Waals surface area contributed by atoms with Gasteiger partial charge in [0.25, 0.3) is 0 Å². The topological polar surface area (TPSA) is 131 Å². The SMILES string of the molecule is CC(=O)Nc1ccc(S(=O)(=O)N(C)Cc2nc(C3(N)CCC3)no2)cc1.Cl. The Bertz CT molecular complexity index is 909. The number of anilines is 1. The van der Waals surface area contributed by atoms with E-state index >= 15 is 0 Å². The van der Waals surface area contributed by atoms with Crippen molar-refractivity contribution in [3.05, 3.63) is 36.0 Å². The molecule has 0 atom stereocenters. The van der Waals surface area contributed by atoms with E-state index in [1.54, 1.807) is 0 Å². The number of hydrogen-bond acceptors (Lipinski definition) is 7. The molecule has 9 nitrogen and oxygen atoms in total. The van der Waals surface area contributed by atoms with Crippen LogP contribution in [-0.2, 0) is 26.9 Å². The minimum atomic E-state index is -3.74. The molecule has 0 aliphatic heterocycles. The summed E-state index contributed by atoms with van der Waals surface area (Å²) in [5.41, 5.74) is 6.11. The highest BCUT2D eigenvalue weighted by Gasteiger charge is 2.39. The molecule has 148 valence electrons. The number of hydrogen-bond donors (Lipinski definition) is 2. The third-order valence-electron chi connectivity index (χ3n) is 4.40. The standard InChI is InChI=1S/C16H21N5O4S.ClH/c1-11(22)18-12-4-6-13(7-5-12)26(23,24)21(2)10-14-19-15(20-25-14)16(17)8-3-9-16;/h4-7H,3,8-10,17H2,1-2H3,(H,18,22);1H. The predicted octanol–water partition coefficient (Wildman–Crippen LogP) is 1.61. The average molecular weight is 416 g/mol. The van der Waals surface area contributed by atoms with Crippen molar-refractivity contribution in [1.29, 1.82) is 0 Å². The quantitative estimate of drug-likeness (QED) is 0.732. The molecule has 1 fully saturated rings. The smallest absolute Gasteiger partial charge is 0.243 e. The first kappa shape index (κ1) is 21.3. The molecule has 0 spiro atoms. The van der Waals surface area contributed by atoms with Gasteiger partial charge >= 0.3 is 0 Å². The number of nitrogens with zero attached hydrogens (tertiary/aromatic N) is 3. The zero-order valence-corrected chi connectivity index (χ0v) is 16.6. The molecule has 27 heavy (non-hydrogen) atoms. The predicted molar refractivity (Wildman–Crippen MR) is 101 cm³/mol. The van der Waals surface area contributed by atoms with E-state index < -0.39 is 15.6 Å². The number of rotatable bonds is 6. The summed E-state index contributed by atoms with van der Waals surface area (Å²) in [6.07, 6.45) is 2.60. The number of carbonyl (C=O) groups is 1. The molecule has 0 bridgehead atoms. The summed E-state index contributed by atoms with van der Waals surface area (Å²) in [5, 5.41) is 6.47. The Balaban J connectivity index is 0.00000261. The highest BCUT2D eigenvalue weighted by molar-refractivity contribution is 7.89. The lowest BCUT2D eigenvalue weighted by molar-refractivity contribution is -0.114. The van der Waals surface area contributed by atoms with Crippen molar-refractivity contribution in [2.45, 2.75) is 43.2 Å². The van der Waals surface area contributed by atoms with Gasteiger partial charge in [-0.05, 0) is 43.5 Å². The maximum atomic E-state index is 12.7. The van der Waals surface area contributed by atoms with Crippen molar-refractivity contribution in [1.82, 2.24) is 14.4 Å². The summed E-state index contributed by atoms with van der Waals surface area (Å²) < 4.78 is 31.6. The zero-order chi connectivity index (χ0) is 18.9. The van der Waals surface area contributed by atoms with Crippen LogP contribution >= 0.6 is 12.4 Å². The molecule has 0 unspecified atom stereocenters. The van der Waals surface area contributed by atoms with Gasteiger partial charge in [0.1, 0.15) is 0 Å². The maximum absolute atomic E-state index is 12.7. The van der Waals surface area contributed by atoms with Crippen molar-refractivity contribution in [2.24, 2.45) is 5.73 Å². The first-order valence-electron chi connectivity index (χ1n) is 8.17. The van der Waals surface area contributed by atoms with Gasteiger partial charge in [-0.1, -0.05) is 5.16 Å². The largest absolute Gasteiger partial charge is 0.338 e. The van der Waals surface area contributed by atoms with Crippen LogP contribution in [0.4, 0.5) is 5.69 Å². The molecule has 11 heteroatoms. The third kappa shape index (κ3) is 4.46. The van der Waals surface area contributed by atoms with Crippen molar-refractivity contribution < 1.29 is 17.7 Å². The van der Waals surface area contributed by atoms with Crippen molar-refractivity contribution >= 4 is 34.0 Å². The van der Waals surface area contributed by atoms with Crippen LogP contribution in [0.15, 0.2) is 33.7 Å². The van der Waals surface area contributed by atoms with Crippen LogP contribution in [0.25, 0.3) is 0 Å². The average Bonchev–Trinajstić information content (AvgIpc) is 3.01. The third-order valence-corrected chi connectivity index (χ3v) is 6.22. The van der Waals surface area contributed by atoms with E-state index in [0.717, 1.165) is 23.6 Å². The van der Waals surface area contributed by atoms with Gasteiger partial charge in [-0.25, -0.2) is 8.42 Å². The van der Waals surface area contributed by atoms with Gasteiger partial charge in [0.05, 0.1) is 17.0 Å². The van der Waals surface area contributed by atoms with E-state index in [2.05, 4.69) is 15.5 Å². The molecule has 1 aromatic heterocycles. The summed E-state index contributed by atoms with van der Waals surface area (Å²) in [7, 11) is -2.31. The van der Waals surface area contributed by atoms with Gasteiger partial charge in [-0.3, -0.25) is 4.79 Å². The highest BCUT2D eigenvalue weighted by Crippen LogP contribution is 2.36. The molecular weight excluding hydrogens is 394 g/mol. The molecule has 1 saturated carbocycles. The molecule has 3 rings (SSSR count). The summed E-state index contributed by atoms with van der Waals surface area (Å²) in [6, 6.07) is 5.92. The van der Waals surface area contributed by atoms with E-state index in [1.165, 1.54) is 38.2 Å². The molecule has 1 aromatic carbocycles. The monoisotopic (exact) mass is 415 g/mol. The van der Waals surface area contributed by atoms with E-state index in [9.17, 15) is 13.2 Å². The second-order valence-electron chi connectivity index (χ2n) is 6.49. The van der Waals surface area contributed by atoms with E-state index in [4.69, 9.17) is 10.3 Å². The molecule has 2 aromatic rings. The number of aromatic nitrogens is 2. The number of carbonyl (C=O) groups excluding carboxylic acids is 1. The van der Waals surface area contributed by atoms with Gasteiger partial charge in [-0.2, -0.15) is 9.29 Å². The second-order valence-corrected chi connectivity index (χ2v) is 8.53. The van der Waals surface area contributed by atoms with Crippen LogP contribution in [0.3, 0.4) is 0 Å². The van der Waals surface area contributed by atoms with Crippen molar-refractivity contribution in [3.63, 3.8) is 0 Å². The number of nitrogens with one attached hydrogen (secondary N) is 1. The summed E-state index contributed by atoms with van der Waals surface area (Å²) in [6.45, 7) is 1.32. The fourth-order valence-corrected chi connectivity index (χ4v) is 3.79. The fraction of sp³-hybridized carbons (Fsp3) is 0.438. The molecule has 1 heterocycles. The van der Waals surface area contributed by atoms with Crippen molar-refractivity contribution in [2.75, 3.05) is 12.4 Å². The van der Waals surface area contributed by atoms with Crippen LogP contribution in [0.2, 0.25) is 0 Å². The van der Waals surface area contributed by atoms with E-state index in [0.29, 0.717) is 11.5 Å². The van der Waals surface area contributed by atoms with Gasteiger partial charge < -0.3 is 15.6 Å². The Hall–Kier alpha value is -2.01. The second kappa shape index (κ2) is 7.93. The van der Waals surface area contributed by atoms with Crippen LogP contribution < -0.4 is 11.1 Å². The Morgan fingerprint density at radius 3 is 2.48 bits per heavy atom. The Kier molecular flexibility index (Phi) is 6.25. The number of halogens is 1. The molecule has 1 amide bonds. The van der Waals surface area contributed by atoms with Gasteiger partial charge in [0, 0.05) is 19.7 Å². The molecule has 1 aliphatic carbocycles. The van der Waals surface area contributed by atoms with Crippen LogP contribution in [0, 0.1) is 0 Å². The number of nitrogens with two attached hydrogens (primary N) is 1. The normalized spacial score (nSPS) is 15.7. The summed E-state index contributed by atoms with van der Waals surface area (Å²) in [5.74, 6) is 0.385. The van der Waals surface area contributed by atoms with E-state index in [-0.39, 0.29) is 35.6 Å². The van der Waals surface area contributed by atoms with Crippen LogP contribution in [0.1, 0.15) is 37.9 Å². The minimum Gasteiger partial charge on any atom is -0.338 e. The molecule has 1 aliphatic rings. The van der Waals surface area contributed by atoms with Gasteiger partial charge in [0.2, 0.25) is 21.8 Å². The Labute approximate surface area is 163 Å². The first-order valence-corrected chi connectivity index (χ1v) is 9.61. The molecule has 3 N–H and O–H groups in total. The van der Waals surface area contributed by atoms with Gasteiger partial charge in [-0.15, -0.1) is 12.4 Å². The Morgan fingerprint density at radius 1 is 1.33 bits per heavy atom. The number of amides is 1. The number of benzene rings is 1.